The predicted octanol–water partition coefficient (Wildman–Crippen LogP) is 2.86. The molecule has 0 unspecified atom stereocenters. The highest BCUT2D eigenvalue weighted by molar-refractivity contribution is 8.00. The molecular weight excluding hydrogens is 297 g/mol. The summed E-state index contributed by atoms with van der Waals surface area (Å²) in [5, 5.41) is 3.00. The third kappa shape index (κ3) is 4.14. The van der Waals surface area contributed by atoms with Gasteiger partial charge in [-0.05, 0) is 18.1 Å². The Balaban J connectivity index is 1.91. The van der Waals surface area contributed by atoms with Crippen LogP contribution in [0.1, 0.15) is 18.0 Å². The first-order valence-electron chi connectivity index (χ1n) is 6.49. The Hall–Kier alpha value is -0.720. The smallest absolute Gasteiger partial charge is 0.230 e. The number of carbonyl (C=O) groups excluding carboxylic acids is 1. The van der Waals surface area contributed by atoms with Gasteiger partial charge in [-0.25, -0.2) is 4.39 Å². The lowest BCUT2D eigenvalue weighted by Crippen LogP contribution is -2.32. The van der Waals surface area contributed by atoms with E-state index >= 15 is 0 Å². The third-order valence-corrected chi connectivity index (χ3v) is 5.11. The van der Waals surface area contributed by atoms with E-state index in [2.05, 4.69) is 5.32 Å². The summed E-state index contributed by atoms with van der Waals surface area (Å²) in [4.78, 5) is 12.6. The van der Waals surface area contributed by atoms with E-state index in [0.29, 0.717) is 17.3 Å². The quantitative estimate of drug-likeness (QED) is 0.819. The summed E-state index contributed by atoms with van der Waals surface area (Å²) in [5.41, 5.74) is 0.900. The molecule has 0 aliphatic carbocycles. The highest BCUT2D eigenvalue weighted by Gasteiger charge is 2.24. The van der Waals surface area contributed by atoms with Gasteiger partial charge in [-0.2, -0.15) is 0 Å². The summed E-state index contributed by atoms with van der Waals surface area (Å²) in [7, 11) is 1.64. The van der Waals surface area contributed by atoms with Crippen LogP contribution in [0, 0.1) is 5.82 Å². The lowest BCUT2D eigenvalue weighted by atomic mass is 10.0. The number of hydrogen-bond acceptors (Lipinski definition) is 4. The highest BCUT2D eigenvalue weighted by Crippen LogP contribution is 2.37. The molecule has 20 heavy (non-hydrogen) atoms. The lowest BCUT2D eigenvalue weighted by molar-refractivity contribution is -0.119. The molecule has 1 heterocycles. The van der Waals surface area contributed by atoms with Gasteiger partial charge in [0.1, 0.15) is 5.82 Å². The van der Waals surface area contributed by atoms with Gasteiger partial charge in [0.05, 0.1) is 18.4 Å². The number of amides is 1. The summed E-state index contributed by atoms with van der Waals surface area (Å²) in [6.45, 7) is 0.645. The molecule has 0 fully saturated rings. The molecule has 1 aromatic carbocycles. The first-order chi connectivity index (χ1) is 9.72. The summed E-state index contributed by atoms with van der Waals surface area (Å²) < 4.78 is 18.7. The van der Waals surface area contributed by atoms with E-state index in [-0.39, 0.29) is 17.8 Å². The Labute approximate surface area is 127 Å². The minimum Gasteiger partial charge on any atom is -0.384 e. The van der Waals surface area contributed by atoms with Crippen LogP contribution in [0.3, 0.4) is 0 Å². The third-order valence-electron chi connectivity index (χ3n) is 3.03. The minimum absolute atomic E-state index is 0.00165. The van der Waals surface area contributed by atoms with Crippen LogP contribution in [0.5, 0.6) is 0 Å². The Kier molecular flexibility index (Phi) is 6.19. The van der Waals surface area contributed by atoms with E-state index in [4.69, 9.17) is 4.74 Å². The van der Waals surface area contributed by atoms with Gasteiger partial charge in [-0.1, -0.05) is 12.1 Å². The first kappa shape index (κ1) is 15.7. The minimum atomic E-state index is -0.194. The lowest BCUT2D eigenvalue weighted by Gasteiger charge is -2.26. The van der Waals surface area contributed by atoms with E-state index in [9.17, 15) is 9.18 Å². The number of fused-ring (bicyclic) bond motifs is 1. The van der Waals surface area contributed by atoms with E-state index < -0.39 is 0 Å². The Morgan fingerprint density at radius 3 is 3.25 bits per heavy atom. The van der Waals surface area contributed by atoms with Crippen molar-refractivity contribution in [2.24, 2.45) is 0 Å². The van der Waals surface area contributed by atoms with Crippen molar-refractivity contribution in [1.82, 2.24) is 5.32 Å². The fourth-order valence-corrected chi connectivity index (χ4v) is 3.92. The molecule has 2 rings (SSSR count). The van der Waals surface area contributed by atoms with E-state index in [1.54, 1.807) is 24.9 Å². The number of methoxy groups -OCH3 is 1. The van der Waals surface area contributed by atoms with Gasteiger partial charge in [0.2, 0.25) is 5.91 Å². The largest absolute Gasteiger partial charge is 0.384 e. The van der Waals surface area contributed by atoms with Crippen LogP contribution in [0.15, 0.2) is 23.1 Å². The van der Waals surface area contributed by atoms with Gasteiger partial charge in [0.15, 0.2) is 0 Å². The molecule has 0 aromatic heterocycles. The van der Waals surface area contributed by atoms with Crippen LogP contribution < -0.4 is 5.32 Å². The fraction of sp³-hybridized carbons (Fsp3) is 0.500. The van der Waals surface area contributed by atoms with Crippen molar-refractivity contribution in [3.63, 3.8) is 0 Å². The van der Waals surface area contributed by atoms with E-state index in [1.165, 1.54) is 17.8 Å². The standard InChI is InChI=1S/C14H18FNO2S2/c1-18-6-8-19-9-13(17)16-12-5-7-20-14-10(12)3-2-4-11(14)15/h2-4,12H,5-9H2,1H3,(H,16,17)/t12-/m0/s1. The number of carbonyl (C=O) groups is 1. The summed E-state index contributed by atoms with van der Waals surface area (Å²) in [5.74, 6) is 1.85. The van der Waals surface area contributed by atoms with Crippen LogP contribution in [-0.2, 0) is 9.53 Å². The fourth-order valence-electron chi connectivity index (χ4n) is 2.08. The average molecular weight is 315 g/mol. The van der Waals surface area contributed by atoms with Crippen molar-refractivity contribution < 1.29 is 13.9 Å². The zero-order chi connectivity index (χ0) is 14.4. The molecule has 1 amide bonds. The maximum absolute atomic E-state index is 13.7. The molecule has 110 valence electrons. The normalized spacial score (nSPS) is 17.6. The maximum atomic E-state index is 13.7. The van der Waals surface area contributed by atoms with Crippen LogP contribution in [0.25, 0.3) is 0 Å². The van der Waals surface area contributed by atoms with Crippen LogP contribution in [0.4, 0.5) is 4.39 Å². The second kappa shape index (κ2) is 7.90. The van der Waals surface area contributed by atoms with Crippen LogP contribution >= 0.6 is 23.5 Å². The molecule has 1 aliphatic heterocycles. The number of nitrogens with one attached hydrogen (secondary N) is 1. The Bertz CT molecular complexity index is 470. The van der Waals surface area contributed by atoms with Crippen molar-refractivity contribution in [1.29, 1.82) is 0 Å². The van der Waals surface area contributed by atoms with Crippen molar-refractivity contribution in [2.45, 2.75) is 17.4 Å². The van der Waals surface area contributed by atoms with Gasteiger partial charge < -0.3 is 10.1 Å². The predicted molar refractivity (Wildman–Crippen MR) is 81.8 cm³/mol. The second-order valence-electron chi connectivity index (χ2n) is 4.46. The topological polar surface area (TPSA) is 38.3 Å². The zero-order valence-corrected chi connectivity index (χ0v) is 13.0. The van der Waals surface area contributed by atoms with Crippen molar-refractivity contribution in [3.05, 3.63) is 29.6 Å². The van der Waals surface area contributed by atoms with Gasteiger partial charge in [-0.15, -0.1) is 23.5 Å². The number of halogens is 1. The number of hydrogen-bond donors (Lipinski definition) is 1. The number of rotatable bonds is 6. The molecule has 0 saturated carbocycles. The van der Waals surface area contributed by atoms with Crippen LogP contribution in [-0.4, -0.2) is 36.9 Å². The highest BCUT2D eigenvalue weighted by atomic mass is 32.2. The number of thioether (sulfide) groups is 2. The summed E-state index contributed by atoms with van der Waals surface area (Å²) in [6, 6.07) is 4.99. The SMILES string of the molecule is COCCSCC(=O)N[C@H]1CCSc2c(F)cccc21. The molecule has 6 heteroatoms. The van der Waals surface area contributed by atoms with Gasteiger partial charge in [-0.3, -0.25) is 4.79 Å². The molecule has 3 nitrogen and oxygen atoms in total. The summed E-state index contributed by atoms with van der Waals surface area (Å²) >= 11 is 3.07. The first-order valence-corrected chi connectivity index (χ1v) is 8.63. The number of benzene rings is 1. The maximum Gasteiger partial charge on any atom is 0.230 e. The van der Waals surface area contributed by atoms with Gasteiger partial charge >= 0.3 is 0 Å². The molecule has 0 radical (unpaired) electrons. The molecule has 0 bridgehead atoms. The summed E-state index contributed by atoms with van der Waals surface area (Å²) in [6.07, 6.45) is 0.843. The number of ether oxygens (including phenoxy) is 1. The van der Waals surface area contributed by atoms with Crippen molar-refractivity contribution >= 4 is 29.4 Å². The molecule has 1 N–H and O–H groups in total. The molecule has 0 saturated heterocycles. The van der Waals surface area contributed by atoms with E-state index in [0.717, 1.165) is 23.5 Å². The molecule has 0 spiro atoms. The Morgan fingerprint density at radius 1 is 1.60 bits per heavy atom. The van der Waals surface area contributed by atoms with Crippen molar-refractivity contribution in [2.75, 3.05) is 31.0 Å². The van der Waals surface area contributed by atoms with E-state index in [1.807, 2.05) is 6.07 Å². The average Bonchev–Trinajstić information content (AvgIpc) is 2.45. The van der Waals surface area contributed by atoms with Crippen molar-refractivity contribution in [3.8, 4) is 0 Å². The monoisotopic (exact) mass is 315 g/mol. The molecule has 1 atom stereocenters. The van der Waals surface area contributed by atoms with Gasteiger partial charge in [0, 0.05) is 23.5 Å². The van der Waals surface area contributed by atoms with Gasteiger partial charge in [0.25, 0.3) is 0 Å². The molecular formula is C14H18FNO2S2. The molecule has 1 aliphatic rings. The second-order valence-corrected chi connectivity index (χ2v) is 6.67. The zero-order valence-electron chi connectivity index (χ0n) is 11.4. The van der Waals surface area contributed by atoms with Crippen LogP contribution in [0.2, 0.25) is 0 Å². The Morgan fingerprint density at radius 2 is 2.45 bits per heavy atom. The molecule has 1 aromatic rings.